The molecule has 5 atom stereocenters. The summed E-state index contributed by atoms with van der Waals surface area (Å²) in [6, 6.07) is -1.02. The molecule has 1 heterocycles. The second-order valence-electron chi connectivity index (χ2n) is 6.13. The summed E-state index contributed by atoms with van der Waals surface area (Å²) < 4.78 is 21.8. The summed E-state index contributed by atoms with van der Waals surface area (Å²) in [7, 11) is 1.69. The van der Waals surface area contributed by atoms with E-state index in [2.05, 4.69) is 16.7 Å². The minimum atomic E-state index is -1.18. The van der Waals surface area contributed by atoms with E-state index in [1.54, 1.807) is 10.0 Å². The van der Waals surface area contributed by atoms with E-state index in [1.807, 2.05) is 0 Å². The number of carbonyl (C=O) groups is 4. The van der Waals surface area contributed by atoms with Gasteiger partial charge in [0.15, 0.2) is 0 Å². The molecule has 0 saturated carbocycles. The van der Waals surface area contributed by atoms with Crippen molar-refractivity contribution in [2.45, 2.75) is 69.8 Å². The molecule has 1 aliphatic heterocycles. The summed E-state index contributed by atoms with van der Waals surface area (Å²) in [4.78, 5) is 46.4. The molecule has 9 nitrogen and oxygen atoms in total. The number of ether oxygens (including phenoxy) is 4. The quantitative estimate of drug-likeness (QED) is 0.327. The molecule has 0 unspecified atom stereocenters. The van der Waals surface area contributed by atoms with Crippen molar-refractivity contribution < 1.29 is 38.1 Å². The summed E-state index contributed by atoms with van der Waals surface area (Å²) in [5, 5.41) is 2.57. The summed E-state index contributed by atoms with van der Waals surface area (Å²) in [6.45, 7) is 4.91. The molecule has 0 spiro atoms. The van der Waals surface area contributed by atoms with Crippen molar-refractivity contribution in [3.63, 3.8) is 0 Å². The molecule has 0 aromatic heterocycles. The Morgan fingerprint density at radius 3 is 1.89 bits per heavy atom. The van der Waals surface area contributed by atoms with Crippen LogP contribution in [-0.2, 0) is 38.1 Å². The predicted octanol–water partition coefficient (Wildman–Crippen LogP) is 0.627. The van der Waals surface area contributed by atoms with Crippen molar-refractivity contribution in [3.05, 3.63) is 0 Å². The third-order valence-electron chi connectivity index (χ3n) is 3.40. The zero-order valence-electron chi connectivity index (χ0n) is 16.2. The van der Waals surface area contributed by atoms with Crippen molar-refractivity contribution in [1.29, 1.82) is 0 Å². The van der Waals surface area contributed by atoms with Gasteiger partial charge in [0.05, 0.1) is 0 Å². The van der Waals surface area contributed by atoms with Crippen molar-refractivity contribution in [2.24, 2.45) is 0 Å². The SMILES string of the molecule is CC(=O)N[C@H]1[C@@H](OC(C)=O)O[C@H](CS[As](C)C)[C@@H](OC(C)=O)[C@@H]1OC(C)=O. The van der Waals surface area contributed by atoms with Gasteiger partial charge in [-0.25, -0.2) is 0 Å². The van der Waals surface area contributed by atoms with Gasteiger partial charge in [-0.1, -0.05) is 0 Å². The van der Waals surface area contributed by atoms with Gasteiger partial charge < -0.3 is 0 Å². The number of hydrogen-bond donors (Lipinski definition) is 1. The Morgan fingerprint density at radius 1 is 0.926 bits per heavy atom. The van der Waals surface area contributed by atoms with Crippen LogP contribution in [0.15, 0.2) is 0 Å². The number of esters is 3. The summed E-state index contributed by atoms with van der Waals surface area (Å²) in [6.07, 6.45) is -3.86. The van der Waals surface area contributed by atoms with E-state index in [1.165, 1.54) is 27.7 Å². The molecule has 0 radical (unpaired) electrons. The Hall–Kier alpha value is -1.25. The third-order valence-corrected chi connectivity index (χ3v) is 8.58. The third kappa shape index (κ3) is 8.11. The van der Waals surface area contributed by atoms with Crippen molar-refractivity contribution in [1.82, 2.24) is 5.32 Å². The Kier molecular flexibility index (Phi) is 9.62. The molecule has 154 valence electrons. The van der Waals surface area contributed by atoms with E-state index < -0.39 is 68.0 Å². The second kappa shape index (κ2) is 10.9. The first-order valence-corrected chi connectivity index (χ1v) is 15.2. The van der Waals surface area contributed by atoms with Crippen molar-refractivity contribution in [3.8, 4) is 0 Å². The van der Waals surface area contributed by atoms with Gasteiger partial charge in [-0.15, -0.1) is 0 Å². The van der Waals surface area contributed by atoms with Crippen molar-refractivity contribution in [2.75, 3.05) is 5.75 Å². The van der Waals surface area contributed by atoms with Crippen LogP contribution >= 0.6 is 10.0 Å². The van der Waals surface area contributed by atoms with Crippen LogP contribution < -0.4 is 5.32 Å². The average molecular weight is 467 g/mol. The first-order valence-electron chi connectivity index (χ1n) is 8.25. The molecule has 0 aromatic carbocycles. The van der Waals surface area contributed by atoms with E-state index in [4.69, 9.17) is 18.9 Å². The summed E-state index contributed by atoms with van der Waals surface area (Å²) in [5.41, 5.74) is 4.27. The number of hydrogen-bond acceptors (Lipinski definition) is 9. The van der Waals surface area contributed by atoms with Gasteiger partial charge in [0.25, 0.3) is 0 Å². The summed E-state index contributed by atoms with van der Waals surface area (Å²) >= 11 is -1.10. The molecule has 1 fully saturated rings. The molecule has 1 aliphatic rings. The van der Waals surface area contributed by atoms with E-state index >= 15 is 0 Å². The van der Waals surface area contributed by atoms with Crippen LogP contribution in [0.1, 0.15) is 27.7 Å². The van der Waals surface area contributed by atoms with E-state index in [0.29, 0.717) is 5.75 Å². The van der Waals surface area contributed by atoms with Gasteiger partial charge in [0.2, 0.25) is 0 Å². The zero-order valence-corrected chi connectivity index (χ0v) is 18.9. The standard InChI is InChI=1S/C16H26AsNO8S/c1-8(19)18-13-15(24-10(3)21)14(23-9(2)20)12(7-27-17(5)6)26-16(13)25-11(4)22/h12-16H,7H2,1-6H3,(H,18,19)/t12-,13-,14-,15-,16+/m1/s1. The summed E-state index contributed by atoms with van der Waals surface area (Å²) in [5.74, 6) is -1.80. The Balaban J connectivity index is 3.27. The normalized spacial score (nSPS) is 27.6. The average Bonchev–Trinajstić information content (AvgIpc) is 2.49. The topological polar surface area (TPSA) is 117 Å². The molecule has 27 heavy (non-hydrogen) atoms. The van der Waals surface area contributed by atoms with Crippen LogP contribution in [0, 0.1) is 0 Å². The molecule has 11 heteroatoms. The van der Waals surface area contributed by atoms with Gasteiger partial charge >= 0.3 is 166 Å². The van der Waals surface area contributed by atoms with Gasteiger partial charge in [-0.3, -0.25) is 0 Å². The fourth-order valence-corrected chi connectivity index (χ4v) is 6.09. The molecule has 1 saturated heterocycles. The molecule has 0 aromatic rings. The van der Waals surface area contributed by atoms with Gasteiger partial charge in [-0.05, 0) is 0 Å². The monoisotopic (exact) mass is 467 g/mol. The molecule has 1 amide bonds. The Labute approximate surface area is 166 Å². The maximum atomic E-state index is 11.7. The number of amides is 1. The minimum absolute atomic E-state index is 0.442. The van der Waals surface area contributed by atoms with Crippen molar-refractivity contribution >= 4 is 47.3 Å². The predicted molar refractivity (Wildman–Crippen MR) is 99.1 cm³/mol. The molecule has 1 N–H and O–H groups in total. The number of nitrogens with one attached hydrogen (secondary N) is 1. The second-order valence-corrected chi connectivity index (χ2v) is 15.6. The fraction of sp³-hybridized carbons (Fsp3) is 0.750. The van der Waals surface area contributed by atoms with Crippen LogP contribution in [0.5, 0.6) is 0 Å². The van der Waals surface area contributed by atoms with Crippen LogP contribution in [0.3, 0.4) is 0 Å². The van der Waals surface area contributed by atoms with Gasteiger partial charge in [0.1, 0.15) is 0 Å². The number of rotatable bonds is 7. The van der Waals surface area contributed by atoms with Crippen LogP contribution in [-0.4, -0.2) is 73.7 Å². The van der Waals surface area contributed by atoms with Crippen LogP contribution in [0.25, 0.3) is 0 Å². The first kappa shape index (κ1) is 23.8. The van der Waals surface area contributed by atoms with Gasteiger partial charge in [-0.2, -0.15) is 0 Å². The molecular formula is C16H26AsNO8S. The number of carbonyl (C=O) groups excluding carboxylic acids is 4. The molecule has 0 aliphatic carbocycles. The first-order chi connectivity index (χ1) is 12.5. The maximum absolute atomic E-state index is 11.7. The molecule has 1 rings (SSSR count). The molecule has 0 bridgehead atoms. The van der Waals surface area contributed by atoms with Crippen LogP contribution in [0.2, 0.25) is 11.4 Å². The Bertz CT molecular complexity index is 573. The van der Waals surface area contributed by atoms with E-state index in [-0.39, 0.29) is 0 Å². The molecular weight excluding hydrogens is 441 g/mol. The van der Waals surface area contributed by atoms with Gasteiger partial charge in [0, 0.05) is 0 Å². The Morgan fingerprint density at radius 2 is 1.44 bits per heavy atom. The fourth-order valence-electron chi connectivity index (χ4n) is 2.58. The van der Waals surface area contributed by atoms with E-state index in [0.717, 1.165) is 0 Å². The van der Waals surface area contributed by atoms with Crippen LogP contribution in [0.4, 0.5) is 0 Å². The zero-order chi connectivity index (χ0) is 20.7. The van der Waals surface area contributed by atoms with E-state index in [9.17, 15) is 19.2 Å².